The number of ether oxygens (including phenoxy) is 4. The normalized spacial score (nSPS) is 9.71. The smallest absolute Gasteiger partial charge is 0.325 e. The molecule has 0 saturated heterocycles. The molecule has 0 aromatic carbocycles. The Hall–Kier alpha value is -2.58. The minimum Gasteiger partial charge on any atom is -0.481 e. The second kappa shape index (κ2) is 7.88. The zero-order chi connectivity index (χ0) is 15.8. The number of hydrogen-bond donors (Lipinski definition) is 0. The van der Waals surface area contributed by atoms with E-state index in [-0.39, 0.29) is 30.8 Å². The van der Waals surface area contributed by atoms with Crippen molar-refractivity contribution in [3.05, 3.63) is 6.07 Å². The first-order chi connectivity index (χ1) is 10.0. The fraction of sp³-hybridized carbons (Fsp3) is 0.500. The van der Waals surface area contributed by atoms with E-state index in [9.17, 15) is 9.59 Å². The molecule has 0 radical (unpaired) electrons. The van der Waals surface area contributed by atoms with E-state index >= 15 is 0 Å². The van der Waals surface area contributed by atoms with Crippen LogP contribution in [0, 0.1) is 0 Å². The van der Waals surface area contributed by atoms with Gasteiger partial charge in [-0.3, -0.25) is 9.59 Å². The fourth-order valence-corrected chi connectivity index (χ4v) is 1.38. The zero-order valence-corrected chi connectivity index (χ0v) is 12.3. The third kappa shape index (κ3) is 4.79. The van der Waals surface area contributed by atoms with Gasteiger partial charge in [-0.1, -0.05) is 0 Å². The van der Waals surface area contributed by atoms with Crippen molar-refractivity contribution in [2.24, 2.45) is 0 Å². The number of anilines is 1. The van der Waals surface area contributed by atoms with Gasteiger partial charge in [0.2, 0.25) is 17.7 Å². The van der Waals surface area contributed by atoms with Crippen LogP contribution in [0.2, 0.25) is 0 Å². The van der Waals surface area contributed by atoms with Gasteiger partial charge in [0.15, 0.2) is 0 Å². The Morgan fingerprint density at radius 1 is 0.952 bits per heavy atom. The summed E-state index contributed by atoms with van der Waals surface area (Å²) in [7, 11) is 5.34. The minimum atomic E-state index is -0.552. The quantitative estimate of drug-likeness (QED) is 0.625. The van der Waals surface area contributed by atoms with Crippen LogP contribution in [0.3, 0.4) is 0 Å². The summed E-state index contributed by atoms with van der Waals surface area (Å²) in [4.78, 5) is 32.3. The molecular weight excluding hydrogens is 282 g/mol. The number of rotatable bonds is 7. The maximum Gasteiger partial charge on any atom is 0.325 e. The van der Waals surface area contributed by atoms with E-state index < -0.39 is 11.9 Å². The predicted molar refractivity (Wildman–Crippen MR) is 71.4 cm³/mol. The molecule has 1 rings (SSSR count). The molecule has 0 bridgehead atoms. The highest BCUT2D eigenvalue weighted by atomic mass is 16.5. The fourth-order valence-electron chi connectivity index (χ4n) is 1.38. The number of esters is 2. The van der Waals surface area contributed by atoms with Crippen molar-refractivity contribution in [3.8, 4) is 11.8 Å². The Kier molecular flexibility index (Phi) is 6.18. The van der Waals surface area contributed by atoms with Gasteiger partial charge < -0.3 is 23.8 Å². The number of nitrogens with zero attached hydrogens (tertiary/aromatic N) is 3. The second-order valence-corrected chi connectivity index (χ2v) is 3.76. The summed E-state index contributed by atoms with van der Waals surface area (Å²) in [6.45, 7) is -0.441. The molecule has 0 aliphatic heterocycles. The Labute approximate surface area is 121 Å². The van der Waals surface area contributed by atoms with Crippen LogP contribution >= 0.6 is 0 Å². The molecule has 0 saturated carbocycles. The molecule has 1 aromatic rings. The SMILES string of the molecule is COC(=O)CN(CC(=O)OC)c1nc(OC)cc(OC)n1. The van der Waals surface area contributed by atoms with E-state index in [1.54, 1.807) is 0 Å². The van der Waals surface area contributed by atoms with Crippen LogP contribution in [0.4, 0.5) is 5.95 Å². The van der Waals surface area contributed by atoms with E-state index in [0.717, 1.165) is 0 Å². The van der Waals surface area contributed by atoms with Crippen LogP contribution < -0.4 is 14.4 Å². The third-order valence-corrected chi connectivity index (χ3v) is 2.46. The molecule has 0 N–H and O–H groups in total. The van der Waals surface area contributed by atoms with Gasteiger partial charge in [-0.15, -0.1) is 0 Å². The molecule has 0 unspecified atom stereocenters. The lowest BCUT2D eigenvalue weighted by Crippen LogP contribution is -2.36. The van der Waals surface area contributed by atoms with Crippen molar-refractivity contribution in [3.63, 3.8) is 0 Å². The number of aromatic nitrogens is 2. The predicted octanol–water partition coefficient (Wildman–Crippen LogP) is -0.354. The van der Waals surface area contributed by atoms with Crippen LogP contribution in [0.5, 0.6) is 11.8 Å². The second-order valence-electron chi connectivity index (χ2n) is 3.76. The van der Waals surface area contributed by atoms with Gasteiger partial charge in [0.25, 0.3) is 0 Å². The first-order valence-electron chi connectivity index (χ1n) is 5.89. The van der Waals surface area contributed by atoms with Gasteiger partial charge in [0.05, 0.1) is 34.5 Å². The topological polar surface area (TPSA) is 100 Å². The Balaban J connectivity index is 3.10. The van der Waals surface area contributed by atoms with Gasteiger partial charge in [0.1, 0.15) is 13.1 Å². The van der Waals surface area contributed by atoms with E-state index in [2.05, 4.69) is 19.4 Å². The first kappa shape index (κ1) is 16.5. The maximum atomic E-state index is 11.4. The molecule has 0 amide bonds. The third-order valence-electron chi connectivity index (χ3n) is 2.46. The average Bonchev–Trinajstić information content (AvgIpc) is 2.52. The molecule has 0 aliphatic rings. The summed E-state index contributed by atoms with van der Waals surface area (Å²) in [5.41, 5.74) is 0. The van der Waals surface area contributed by atoms with Crippen molar-refractivity contribution in [2.45, 2.75) is 0 Å². The molecule has 0 spiro atoms. The van der Waals surface area contributed by atoms with E-state index in [0.29, 0.717) is 0 Å². The summed E-state index contributed by atoms with van der Waals surface area (Å²) in [5.74, 6) is -0.552. The highest BCUT2D eigenvalue weighted by Gasteiger charge is 2.20. The van der Waals surface area contributed by atoms with Crippen molar-refractivity contribution in [1.82, 2.24) is 9.97 Å². The molecular formula is C12H17N3O6. The number of carbonyl (C=O) groups is 2. The molecule has 0 fully saturated rings. The van der Waals surface area contributed by atoms with E-state index in [1.165, 1.54) is 39.4 Å². The summed E-state index contributed by atoms with van der Waals surface area (Å²) in [6.07, 6.45) is 0. The van der Waals surface area contributed by atoms with Crippen LogP contribution in [0.1, 0.15) is 0 Å². The lowest BCUT2D eigenvalue weighted by Gasteiger charge is -2.20. The molecule has 9 nitrogen and oxygen atoms in total. The van der Waals surface area contributed by atoms with Crippen molar-refractivity contribution >= 4 is 17.9 Å². The lowest BCUT2D eigenvalue weighted by molar-refractivity contribution is -0.140. The molecule has 1 heterocycles. The van der Waals surface area contributed by atoms with E-state index in [1.807, 2.05) is 0 Å². The van der Waals surface area contributed by atoms with Crippen LogP contribution in [0.25, 0.3) is 0 Å². The van der Waals surface area contributed by atoms with Crippen molar-refractivity contribution < 1.29 is 28.5 Å². The largest absolute Gasteiger partial charge is 0.481 e. The Bertz CT molecular complexity index is 468. The van der Waals surface area contributed by atoms with Gasteiger partial charge >= 0.3 is 11.9 Å². The molecule has 0 aliphatic carbocycles. The van der Waals surface area contributed by atoms with Crippen LogP contribution in [-0.2, 0) is 19.1 Å². The Morgan fingerprint density at radius 2 is 1.38 bits per heavy atom. The van der Waals surface area contributed by atoms with Crippen LogP contribution in [0.15, 0.2) is 6.07 Å². The summed E-state index contributed by atoms with van der Waals surface area (Å²) < 4.78 is 19.2. The molecule has 116 valence electrons. The van der Waals surface area contributed by atoms with Crippen molar-refractivity contribution in [2.75, 3.05) is 46.4 Å². The highest BCUT2D eigenvalue weighted by Crippen LogP contribution is 2.20. The van der Waals surface area contributed by atoms with Gasteiger partial charge in [-0.05, 0) is 0 Å². The van der Waals surface area contributed by atoms with Crippen molar-refractivity contribution in [1.29, 1.82) is 0 Å². The molecule has 0 atom stereocenters. The number of carbonyl (C=O) groups excluding carboxylic acids is 2. The summed E-state index contributed by atoms with van der Waals surface area (Å²) in [6, 6.07) is 1.47. The standard InChI is InChI=1S/C12H17N3O6/c1-18-8-5-9(19-2)14-12(13-8)15(6-10(16)20-3)7-11(17)21-4/h5H,6-7H2,1-4H3. The summed E-state index contributed by atoms with van der Waals surface area (Å²) >= 11 is 0. The van der Waals surface area contributed by atoms with Gasteiger partial charge in [-0.25, -0.2) is 0 Å². The number of methoxy groups -OCH3 is 4. The average molecular weight is 299 g/mol. The Morgan fingerprint density at radius 3 is 1.71 bits per heavy atom. The van der Waals surface area contributed by atoms with E-state index in [4.69, 9.17) is 9.47 Å². The van der Waals surface area contributed by atoms with Gasteiger partial charge in [0, 0.05) is 0 Å². The van der Waals surface area contributed by atoms with Crippen LogP contribution in [-0.4, -0.2) is 63.4 Å². The molecule has 1 aromatic heterocycles. The monoisotopic (exact) mass is 299 g/mol. The number of hydrogen-bond acceptors (Lipinski definition) is 9. The molecule has 9 heteroatoms. The maximum absolute atomic E-state index is 11.4. The highest BCUT2D eigenvalue weighted by molar-refractivity contribution is 5.80. The minimum absolute atomic E-state index is 0.0852. The lowest BCUT2D eigenvalue weighted by atomic mass is 10.4. The first-order valence-corrected chi connectivity index (χ1v) is 5.89. The summed E-state index contributed by atoms with van der Waals surface area (Å²) in [5, 5.41) is 0. The molecule has 21 heavy (non-hydrogen) atoms. The zero-order valence-electron chi connectivity index (χ0n) is 12.3. The van der Waals surface area contributed by atoms with Gasteiger partial charge in [-0.2, -0.15) is 9.97 Å².